The quantitative estimate of drug-likeness (QED) is 0.774. The van der Waals surface area contributed by atoms with Gasteiger partial charge < -0.3 is 10.1 Å². The molecule has 3 rings (SSSR count). The van der Waals surface area contributed by atoms with Gasteiger partial charge in [0.05, 0.1) is 12.8 Å². The normalized spacial score (nSPS) is 20.4. The molecule has 1 aliphatic rings. The summed E-state index contributed by atoms with van der Waals surface area (Å²) < 4.78 is 5.15. The number of likely N-dealkylation sites (tertiary alicyclic amines) is 1. The van der Waals surface area contributed by atoms with Gasteiger partial charge in [0.25, 0.3) is 0 Å². The van der Waals surface area contributed by atoms with E-state index in [9.17, 15) is 4.79 Å². The van der Waals surface area contributed by atoms with Gasteiger partial charge in [0.2, 0.25) is 5.91 Å². The molecule has 1 saturated heterocycles. The Bertz CT molecular complexity index is 734. The Morgan fingerprint density at radius 2 is 1.96 bits per heavy atom. The Labute approximate surface area is 165 Å². The number of carbonyl (C=O) groups is 1. The number of amides is 1. The highest BCUT2D eigenvalue weighted by Gasteiger charge is 2.22. The van der Waals surface area contributed by atoms with E-state index in [0.717, 1.165) is 48.5 Å². The summed E-state index contributed by atoms with van der Waals surface area (Å²) in [4.78, 5) is 19.3. The van der Waals surface area contributed by atoms with E-state index in [1.807, 2.05) is 24.3 Å². The van der Waals surface area contributed by atoms with Crippen molar-refractivity contribution in [2.24, 2.45) is 11.8 Å². The third-order valence-electron chi connectivity index (χ3n) is 4.93. The number of thiazole rings is 1. The summed E-state index contributed by atoms with van der Waals surface area (Å²) in [5, 5.41) is 5.69. The molecule has 1 fully saturated rings. The second kappa shape index (κ2) is 9.33. The maximum atomic E-state index is 12.2. The highest BCUT2D eigenvalue weighted by atomic mass is 32.1. The minimum absolute atomic E-state index is 0.00642. The molecular formula is C21H29N3O2S. The standard InChI is InChI=1S/C21H29N3O2S/c1-15-10-16(2)12-24(11-15)13-18-14-27-21(22-18)23-20(25)9-6-17-4-7-19(26-3)8-5-17/h4-5,7-8,14-16H,6,9-13H2,1-3H3,(H,22,23,25). The van der Waals surface area contributed by atoms with Crippen molar-refractivity contribution in [2.75, 3.05) is 25.5 Å². The average molecular weight is 388 g/mol. The van der Waals surface area contributed by atoms with Crippen LogP contribution in [0.15, 0.2) is 29.6 Å². The first-order chi connectivity index (χ1) is 13.0. The van der Waals surface area contributed by atoms with E-state index in [4.69, 9.17) is 4.74 Å². The summed E-state index contributed by atoms with van der Waals surface area (Å²) in [6, 6.07) is 7.83. The SMILES string of the molecule is COc1ccc(CCC(=O)Nc2nc(CN3CC(C)CC(C)C3)cs2)cc1. The number of aryl methyl sites for hydroxylation is 1. The molecule has 0 bridgehead atoms. The van der Waals surface area contributed by atoms with Crippen molar-refractivity contribution in [1.29, 1.82) is 0 Å². The first kappa shape index (κ1) is 19.8. The number of hydrogen-bond acceptors (Lipinski definition) is 5. The van der Waals surface area contributed by atoms with Crippen LogP contribution in [0.2, 0.25) is 0 Å². The summed E-state index contributed by atoms with van der Waals surface area (Å²) in [6.07, 6.45) is 2.46. The Balaban J connectivity index is 1.46. The third-order valence-corrected chi connectivity index (χ3v) is 5.73. The number of anilines is 1. The van der Waals surface area contributed by atoms with Crippen LogP contribution in [0.4, 0.5) is 5.13 Å². The molecule has 0 radical (unpaired) electrons. The van der Waals surface area contributed by atoms with Gasteiger partial charge in [-0.15, -0.1) is 11.3 Å². The molecule has 146 valence electrons. The smallest absolute Gasteiger partial charge is 0.226 e. The number of nitrogens with one attached hydrogen (secondary N) is 1. The number of methoxy groups -OCH3 is 1. The van der Waals surface area contributed by atoms with Crippen molar-refractivity contribution < 1.29 is 9.53 Å². The molecule has 5 nitrogen and oxygen atoms in total. The molecule has 0 aliphatic carbocycles. The van der Waals surface area contributed by atoms with Gasteiger partial charge in [0.15, 0.2) is 5.13 Å². The fourth-order valence-electron chi connectivity index (χ4n) is 3.82. The number of benzene rings is 1. The van der Waals surface area contributed by atoms with Crippen molar-refractivity contribution in [3.8, 4) is 5.75 Å². The molecule has 1 N–H and O–H groups in total. The summed E-state index contributed by atoms with van der Waals surface area (Å²) in [7, 11) is 1.65. The summed E-state index contributed by atoms with van der Waals surface area (Å²) in [5.74, 6) is 2.32. The highest BCUT2D eigenvalue weighted by Crippen LogP contribution is 2.24. The molecule has 2 heterocycles. The Kier molecular flexibility index (Phi) is 6.85. The van der Waals surface area contributed by atoms with Crippen LogP contribution < -0.4 is 10.1 Å². The second-order valence-electron chi connectivity index (χ2n) is 7.68. The van der Waals surface area contributed by atoms with E-state index >= 15 is 0 Å². The molecule has 0 saturated carbocycles. The lowest BCUT2D eigenvalue weighted by Crippen LogP contribution is -2.38. The maximum Gasteiger partial charge on any atom is 0.226 e. The summed E-state index contributed by atoms with van der Waals surface area (Å²) in [5.41, 5.74) is 2.17. The van der Waals surface area contributed by atoms with E-state index in [1.54, 1.807) is 7.11 Å². The monoisotopic (exact) mass is 387 g/mol. The number of ether oxygens (including phenoxy) is 1. The van der Waals surface area contributed by atoms with E-state index in [-0.39, 0.29) is 5.91 Å². The first-order valence-electron chi connectivity index (χ1n) is 9.61. The largest absolute Gasteiger partial charge is 0.497 e. The lowest BCUT2D eigenvalue weighted by atomic mass is 9.92. The number of piperidine rings is 1. The lowest BCUT2D eigenvalue weighted by molar-refractivity contribution is -0.116. The van der Waals surface area contributed by atoms with E-state index < -0.39 is 0 Å². The lowest BCUT2D eigenvalue weighted by Gasteiger charge is -2.34. The molecular weight excluding hydrogens is 358 g/mol. The van der Waals surface area contributed by atoms with Crippen molar-refractivity contribution >= 4 is 22.4 Å². The molecule has 1 aromatic heterocycles. The van der Waals surface area contributed by atoms with Crippen molar-refractivity contribution in [2.45, 2.75) is 39.7 Å². The Hall–Kier alpha value is -1.92. The van der Waals surface area contributed by atoms with Gasteiger partial charge in [-0.1, -0.05) is 26.0 Å². The molecule has 1 aromatic carbocycles. The van der Waals surface area contributed by atoms with Crippen LogP contribution in [0.5, 0.6) is 5.75 Å². The van der Waals surface area contributed by atoms with Crippen LogP contribution in [0.3, 0.4) is 0 Å². The van der Waals surface area contributed by atoms with Gasteiger partial charge in [0.1, 0.15) is 5.75 Å². The van der Waals surface area contributed by atoms with Crippen LogP contribution >= 0.6 is 11.3 Å². The van der Waals surface area contributed by atoms with E-state index in [0.29, 0.717) is 18.0 Å². The number of carbonyl (C=O) groups excluding carboxylic acids is 1. The summed E-state index contributed by atoms with van der Waals surface area (Å²) >= 11 is 1.51. The van der Waals surface area contributed by atoms with Gasteiger partial charge in [-0.3, -0.25) is 9.69 Å². The van der Waals surface area contributed by atoms with Crippen molar-refractivity contribution in [3.05, 3.63) is 40.9 Å². The predicted molar refractivity (Wildman–Crippen MR) is 110 cm³/mol. The fourth-order valence-corrected chi connectivity index (χ4v) is 4.54. The fraction of sp³-hybridized carbons (Fsp3) is 0.524. The van der Waals surface area contributed by atoms with Crippen molar-refractivity contribution in [1.82, 2.24) is 9.88 Å². The molecule has 1 amide bonds. The zero-order valence-electron chi connectivity index (χ0n) is 16.4. The minimum atomic E-state index is 0.00642. The van der Waals surface area contributed by atoms with Crippen LogP contribution in [-0.2, 0) is 17.8 Å². The molecule has 1 aliphatic heterocycles. The number of nitrogens with zero attached hydrogens (tertiary/aromatic N) is 2. The van der Waals surface area contributed by atoms with Gasteiger partial charge in [-0.2, -0.15) is 0 Å². The van der Waals surface area contributed by atoms with Crippen LogP contribution in [0, 0.1) is 11.8 Å². The Morgan fingerprint density at radius 3 is 2.63 bits per heavy atom. The molecule has 27 heavy (non-hydrogen) atoms. The van der Waals surface area contributed by atoms with Gasteiger partial charge in [-0.25, -0.2) is 4.98 Å². The van der Waals surface area contributed by atoms with Gasteiger partial charge in [-0.05, 0) is 42.4 Å². The zero-order chi connectivity index (χ0) is 19.2. The average Bonchev–Trinajstić information content (AvgIpc) is 3.06. The molecule has 0 spiro atoms. The second-order valence-corrected chi connectivity index (χ2v) is 8.54. The van der Waals surface area contributed by atoms with Gasteiger partial charge >= 0.3 is 0 Å². The van der Waals surface area contributed by atoms with E-state index in [2.05, 4.69) is 34.4 Å². The third kappa shape index (κ3) is 6.04. The molecule has 2 unspecified atom stereocenters. The van der Waals surface area contributed by atoms with E-state index in [1.165, 1.54) is 17.8 Å². The van der Waals surface area contributed by atoms with Crippen LogP contribution in [0.25, 0.3) is 0 Å². The number of aromatic nitrogens is 1. The highest BCUT2D eigenvalue weighted by molar-refractivity contribution is 7.13. The van der Waals surface area contributed by atoms with Crippen LogP contribution in [0.1, 0.15) is 37.9 Å². The summed E-state index contributed by atoms with van der Waals surface area (Å²) in [6.45, 7) is 7.76. The first-order valence-corrected chi connectivity index (χ1v) is 10.5. The van der Waals surface area contributed by atoms with Crippen LogP contribution in [-0.4, -0.2) is 36.0 Å². The minimum Gasteiger partial charge on any atom is -0.497 e. The van der Waals surface area contributed by atoms with Crippen molar-refractivity contribution in [3.63, 3.8) is 0 Å². The predicted octanol–water partition coefficient (Wildman–Crippen LogP) is 4.20. The maximum absolute atomic E-state index is 12.2. The Morgan fingerprint density at radius 1 is 1.26 bits per heavy atom. The molecule has 6 heteroatoms. The number of hydrogen-bond donors (Lipinski definition) is 1. The zero-order valence-corrected chi connectivity index (χ0v) is 17.2. The topological polar surface area (TPSA) is 54.5 Å². The molecule has 2 atom stereocenters. The number of rotatable bonds is 7. The van der Waals surface area contributed by atoms with Gasteiger partial charge in [0, 0.05) is 31.4 Å². The molecule has 2 aromatic rings.